The summed E-state index contributed by atoms with van der Waals surface area (Å²) >= 11 is 0. The molecule has 128 valence electrons. The molecule has 0 aliphatic rings. The van der Waals surface area contributed by atoms with Gasteiger partial charge < -0.3 is 9.47 Å². The molecule has 0 radical (unpaired) electrons. The van der Waals surface area contributed by atoms with Crippen molar-refractivity contribution in [1.82, 2.24) is 0 Å². The molecule has 23 heavy (non-hydrogen) atoms. The summed E-state index contributed by atoms with van der Waals surface area (Å²) in [5.74, 6) is 0.652. The molecule has 0 saturated carbocycles. The normalized spacial score (nSPS) is 10.7. The van der Waals surface area contributed by atoms with Gasteiger partial charge in [0.1, 0.15) is 5.75 Å². The lowest BCUT2D eigenvalue weighted by Crippen LogP contribution is -2.11. The van der Waals surface area contributed by atoms with Crippen LogP contribution in [0, 0.1) is 19.8 Å². The smallest absolute Gasteiger partial charge is 0.311 e. The average Bonchev–Trinajstić information content (AvgIpc) is 2.47. The Morgan fingerprint density at radius 2 is 1.74 bits per heavy atom. The van der Waals surface area contributed by atoms with Crippen LogP contribution in [0.1, 0.15) is 57.1 Å². The summed E-state index contributed by atoms with van der Waals surface area (Å²) in [5, 5.41) is 0. The zero-order valence-electron chi connectivity index (χ0n) is 14.7. The third-order valence-corrected chi connectivity index (χ3v) is 3.52. The summed E-state index contributed by atoms with van der Waals surface area (Å²) in [6.45, 7) is 8.60. The van der Waals surface area contributed by atoms with Crippen LogP contribution >= 0.6 is 0 Å². The number of aryl methyl sites for hydroxylation is 2. The summed E-state index contributed by atoms with van der Waals surface area (Å²) in [4.78, 5) is 23.4. The van der Waals surface area contributed by atoms with Crippen LogP contribution < -0.4 is 4.74 Å². The monoisotopic (exact) mass is 320 g/mol. The second-order valence-corrected chi connectivity index (χ2v) is 6.35. The molecule has 1 aromatic carbocycles. The number of ether oxygens (including phenoxy) is 2. The summed E-state index contributed by atoms with van der Waals surface area (Å²) in [5.41, 5.74) is 1.97. The van der Waals surface area contributed by atoms with Crippen molar-refractivity contribution in [3.63, 3.8) is 0 Å². The molecule has 4 nitrogen and oxygen atoms in total. The first-order valence-electron chi connectivity index (χ1n) is 8.32. The molecule has 1 rings (SSSR count). The van der Waals surface area contributed by atoms with Crippen molar-refractivity contribution in [3.8, 4) is 5.75 Å². The molecule has 0 aliphatic heterocycles. The number of rotatable bonds is 9. The molecular weight excluding hydrogens is 292 g/mol. The van der Waals surface area contributed by atoms with E-state index in [1.54, 1.807) is 0 Å². The largest absolute Gasteiger partial charge is 0.466 e. The molecule has 0 saturated heterocycles. The standard InChI is InChI=1S/C19H28O4/c1-14(2)7-6-12-22-18(20)8-5-9-19(21)23-17-13-15(3)10-11-16(17)4/h10-11,13-14H,5-9,12H2,1-4H3. The van der Waals surface area contributed by atoms with Crippen molar-refractivity contribution in [1.29, 1.82) is 0 Å². The molecule has 0 unspecified atom stereocenters. The highest BCUT2D eigenvalue weighted by atomic mass is 16.5. The van der Waals surface area contributed by atoms with Crippen LogP contribution in [-0.2, 0) is 14.3 Å². The Labute approximate surface area is 139 Å². The molecule has 0 spiro atoms. The van der Waals surface area contributed by atoms with Gasteiger partial charge in [-0.25, -0.2) is 0 Å². The first-order chi connectivity index (χ1) is 10.9. The summed E-state index contributed by atoms with van der Waals surface area (Å²) < 4.78 is 10.5. The van der Waals surface area contributed by atoms with Crippen LogP contribution in [0.2, 0.25) is 0 Å². The number of hydrogen-bond donors (Lipinski definition) is 0. The molecule has 0 amide bonds. The fourth-order valence-electron chi connectivity index (χ4n) is 2.12. The fraction of sp³-hybridized carbons (Fsp3) is 0.579. The molecule has 0 fully saturated rings. The van der Waals surface area contributed by atoms with Crippen molar-refractivity contribution in [2.45, 2.75) is 59.8 Å². The van der Waals surface area contributed by atoms with Gasteiger partial charge in [-0.3, -0.25) is 9.59 Å². The molecule has 0 N–H and O–H groups in total. The Bertz CT molecular complexity index is 520. The maximum atomic E-state index is 11.8. The van der Waals surface area contributed by atoms with Gasteiger partial charge in [-0.15, -0.1) is 0 Å². The van der Waals surface area contributed by atoms with Gasteiger partial charge in [-0.05, 0) is 56.2 Å². The minimum absolute atomic E-state index is 0.217. The van der Waals surface area contributed by atoms with Crippen LogP contribution in [0.4, 0.5) is 0 Å². The number of carbonyl (C=O) groups is 2. The van der Waals surface area contributed by atoms with Gasteiger partial charge in [0.05, 0.1) is 6.61 Å². The second-order valence-electron chi connectivity index (χ2n) is 6.35. The van der Waals surface area contributed by atoms with E-state index >= 15 is 0 Å². The fourth-order valence-corrected chi connectivity index (χ4v) is 2.12. The molecule has 0 aliphatic carbocycles. The third kappa shape index (κ3) is 8.38. The lowest BCUT2D eigenvalue weighted by atomic mass is 10.1. The Kier molecular flexibility index (Phi) is 8.38. The van der Waals surface area contributed by atoms with E-state index in [0.717, 1.165) is 24.0 Å². The highest BCUT2D eigenvalue weighted by molar-refractivity contribution is 5.74. The van der Waals surface area contributed by atoms with E-state index in [4.69, 9.17) is 9.47 Å². The van der Waals surface area contributed by atoms with Crippen molar-refractivity contribution < 1.29 is 19.1 Å². The van der Waals surface area contributed by atoms with Crippen molar-refractivity contribution >= 4 is 11.9 Å². The van der Waals surface area contributed by atoms with Gasteiger partial charge >= 0.3 is 11.9 Å². The summed E-state index contributed by atoms with van der Waals surface area (Å²) in [6, 6.07) is 5.74. The summed E-state index contributed by atoms with van der Waals surface area (Å²) in [7, 11) is 0. The Hall–Kier alpha value is -1.84. The first kappa shape index (κ1) is 19.2. The predicted octanol–water partition coefficient (Wildman–Crippen LogP) is 4.36. The van der Waals surface area contributed by atoms with Gasteiger partial charge in [0.25, 0.3) is 0 Å². The lowest BCUT2D eigenvalue weighted by molar-refractivity contribution is -0.144. The number of hydrogen-bond acceptors (Lipinski definition) is 4. The van der Waals surface area contributed by atoms with Crippen LogP contribution in [-0.4, -0.2) is 18.5 Å². The van der Waals surface area contributed by atoms with Crippen LogP contribution in [0.15, 0.2) is 18.2 Å². The van der Waals surface area contributed by atoms with Gasteiger partial charge in [0, 0.05) is 12.8 Å². The van der Waals surface area contributed by atoms with Crippen LogP contribution in [0.25, 0.3) is 0 Å². The topological polar surface area (TPSA) is 52.6 Å². The van der Waals surface area contributed by atoms with Crippen LogP contribution in [0.5, 0.6) is 5.75 Å². The van der Waals surface area contributed by atoms with E-state index in [2.05, 4.69) is 13.8 Å². The van der Waals surface area contributed by atoms with E-state index < -0.39 is 0 Å². The van der Waals surface area contributed by atoms with Gasteiger partial charge in [0.2, 0.25) is 0 Å². The highest BCUT2D eigenvalue weighted by Crippen LogP contribution is 2.19. The van der Waals surface area contributed by atoms with E-state index in [0.29, 0.717) is 24.7 Å². The molecule has 0 aromatic heterocycles. The van der Waals surface area contributed by atoms with Crippen LogP contribution in [0.3, 0.4) is 0 Å². The van der Waals surface area contributed by atoms with Crippen molar-refractivity contribution in [3.05, 3.63) is 29.3 Å². The van der Waals surface area contributed by atoms with E-state index in [1.807, 2.05) is 32.0 Å². The molecular formula is C19H28O4. The van der Waals surface area contributed by atoms with E-state index in [9.17, 15) is 9.59 Å². The number of carbonyl (C=O) groups excluding carboxylic acids is 2. The van der Waals surface area contributed by atoms with E-state index in [-0.39, 0.29) is 24.8 Å². The summed E-state index contributed by atoms with van der Waals surface area (Å²) in [6.07, 6.45) is 2.86. The zero-order chi connectivity index (χ0) is 17.2. The van der Waals surface area contributed by atoms with Crippen molar-refractivity contribution in [2.75, 3.05) is 6.61 Å². The minimum Gasteiger partial charge on any atom is -0.466 e. The molecule has 0 heterocycles. The Balaban J connectivity index is 2.21. The minimum atomic E-state index is -0.314. The second kappa shape index (κ2) is 10.0. The predicted molar refractivity (Wildman–Crippen MR) is 90.4 cm³/mol. The van der Waals surface area contributed by atoms with Crippen molar-refractivity contribution in [2.24, 2.45) is 5.92 Å². The first-order valence-corrected chi connectivity index (χ1v) is 8.32. The lowest BCUT2D eigenvalue weighted by Gasteiger charge is -2.08. The van der Waals surface area contributed by atoms with Gasteiger partial charge in [0.15, 0.2) is 0 Å². The number of esters is 2. The molecule has 1 aromatic rings. The Morgan fingerprint density at radius 3 is 2.43 bits per heavy atom. The SMILES string of the molecule is Cc1ccc(C)c(OC(=O)CCCC(=O)OCCCC(C)C)c1. The van der Waals surface area contributed by atoms with Gasteiger partial charge in [-0.1, -0.05) is 26.0 Å². The number of benzene rings is 1. The molecule has 4 heteroatoms. The highest BCUT2D eigenvalue weighted by Gasteiger charge is 2.10. The average molecular weight is 320 g/mol. The Morgan fingerprint density at radius 1 is 1.04 bits per heavy atom. The quantitative estimate of drug-likeness (QED) is 0.385. The third-order valence-electron chi connectivity index (χ3n) is 3.52. The van der Waals surface area contributed by atoms with Gasteiger partial charge in [-0.2, -0.15) is 0 Å². The zero-order valence-corrected chi connectivity index (χ0v) is 14.7. The molecule has 0 bridgehead atoms. The maximum Gasteiger partial charge on any atom is 0.311 e. The molecule has 0 atom stereocenters. The maximum absolute atomic E-state index is 11.8. The van der Waals surface area contributed by atoms with E-state index in [1.165, 1.54) is 0 Å².